The molecule has 0 atom stereocenters. The molecule has 122 valence electrons. The van der Waals surface area contributed by atoms with Crippen LogP contribution in [0.15, 0.2) is 53.6 Å². The average Bonchev–Trinajstić information content (AvgIpc) is 2.90. The van der Waals surface area contributed by atoms with Gasteiger partial charge in [-0.3, -0.25) is 5.10 Å². The van der Waals surface area contributed by atoms with Gasteiger partial charge in [0.05, 0.1) is 6.21 Å². The summed E-state index contributed by atoms with van der Waals surface area (Å²) < 4.78 is 7.86. The molecule has 1 aromatic heterocycles. The molecule has 1 heterocycles. The fourth-order valence-corrected chi connectivity index (χ4v) is 2.47. The Kier molecular flexibility index (Phi) is 4.86. The van der Waals surface area contributed by atoms with Crippen molar-refractivity contribution < 1.29 is 4.74 Å². The van der Waals surface area contributed by atoms with Crippen molar-refractivity contribution in [1.82, 2.24) is 14.9 Å². The molecule has 2 aromatic carbocycles. The zero-order valence-corrected chi connectivity index (χ0v) is 14.4. The van der Waals surface area contributed by atoms with Crippen molar-refractivity contribution in [3.63, 3.8) is 0 Å². The van der Waals surface area contributed by atoms with E-state index in [1.165, 1.54) is 5.56 Å². The second-order valence-electron chi connectivity index (χ2n) is 5.48. The van der Waals surface area contributed by atoms with E-state index in [4.69, 9.17) is 17.0 Å². The molecule has 1 N–H and O–H groups in total. The Labute approximate surface area is 145 Å². The lowest BCUT2D eigenvalue weighted by molar-refractivity contribution is 0.306. The molecular weight excluding hydrogens is 320 g/mol. The first kappa shape index (κ1) is 16.1. The summed E-state index contributed by atoms with van der Waals surface area (Å²) in [7, 11) is 0. The van der Waals surface area contributed by atoms with Crippen molar-refractivity contribution >= 4 is 18.4 Å². The van der Waals surface area contributed by atoms with Gasteiger partial charge in [-0.05, 0) is 61.5 Å². The molecule has 6 heteroatoms. The summed E-state index contributed by atoms with van der Waals surface area (Å²) in [5.41, 5.74) is 3.35. The Morgan fingerprint density at radius 1 is 1.21 bits per heavy atom. The average molecular weight is 338 g/mol. The van der Waals surface area contributed by atoms with E-state index in [0.717, 1.165) is 16.9 Å². The third-order valence-corrected chi connectivity index (χ3v) is 3.77. The molecule has 3 aromatic rings. The highest BCUT2D eigenvalue weighted by atomic mass is 32.1. The summed E-state index contributed by atoms with van der Waals surface area (Å²) in [5.74, 6) is 1.54. The molecule has 3 rings (SSSR count). The van der Waals surface area contributed by atoms with E-state index in [1.54, 1.807) is 10.9 Å². The molecule has 0 saturated carbocycles. The molecule has 5 nitrogen and oxygen atoms in total. The van der Waals surface area contributed by atoms with Gasteiger partial charge in [0, 0.05) is 0 Å². The van der Waals surface area contributed by atoms with Crippen molar-refractivity contribution in [2.75, 3.05) is 0 Å². The fraction of sp³-hybridized carbons (Fsp3) is 0.167. The number of benzene rings is 2. The van der Waals surface area contributed by atoms with Crippen LogP contribution in [0.1, 0.15) is 22.5 Å². The second-order valence-corrected chi connectivity index (χ2v) is 5.87. The zero-order chi connectivity index (χ0) is 16.9. The number of H-pyrrole nitrogens is 1. The maximum absolute atomic E-state index is 5.81. The van der Waals surface area contributed by atoms with E-state index >= 15 is 0 Å². The molecule has 0 spiro atoms. The SMILES string of the molecule is Cc1cccc(COc2ccc(/C=N/n3c(C)n[nH]c3=S)cc2)c1. The van der Waals surface area contributed by atoms with E-state index < -0.39 is 0 Å². The minimum absolute atomic E-state index is 0.474. The number of nitrogens with zero attached hydrogens (tertiary/aromatic N) is 3. The minimum Gasteiger partial charge on any atom is -0.489 e. The lowest BCUT2D eigenvalue weighted by atomic mass is 10.1. The number of hydrogen-bond acceptors (Lipinski definition) is 4. The predicted octanol–water partition coefficient (Wildman–Crippen LogP) is 4.02. The Morgan fingerprint density at radius 3 is 2.67 bits per heavy atom. The lowest BCUT2D eigenvalue weighted by Crippen LogP contribution is -1.96. The van der Waals surface area contributed by atoms with Gasteiger partial charge >= 0.3 is 0 Å². The molecular formula is C18H18N4OS. The first-order chi connectivity index (χ1) is 11.6. The maximum Gasteiger partial charge on any atom is 0.216 e. The van der Waals surface area contributed by atoms with Gasteiger partial charge in [0.2, 0.25) is 4.77 Å². The Hall–Kier alpha value is -2.73. The van der Waals surface area contributed by atoms with Crippen molar-refractivity contribution in [1.29, 1.82) is 0 Å². The number of ether oxygens (including phenoxy) is 1. The number of rotatable bonds is 5. The maximum atomic E-state index is 5.81. The van der Waals surface area contributed by atoms with Gasteiger partial charge in [-0.15, -0.1) is 0 Å². The number of hydrogen-bond donors (Lipinski definition) is 1. The molecule has 0 radical (unpaired) electrons. The number of aromatic nitrogens is 3. The van der Waals surface area contributed by atoms with Gasteiger partial charge in [-0.2, -0.15) is 14.9 Å². The van der Waals surface area contributed by atoms with Crippen LogP contribution in [0.5, 0.6) is 5.75 Å². The fourth-order valence-electron chi connectivity index (χ4n) is 2.25. The Morgan fingerprint density at radius 2 is 2.00 bits per heavy atom. The molecule has 0 aliphatic carbocycles. The van der Waals surface area contributed by atoms with E-state index in [2.05, 4.69) is 40.4 Å². The smallest absolute Gasteiger partial charge is 0.216 e. The zero-order valence-electron chi connectivity index (χ0n) is 13.6. The van der Waals surface area contributed by atoms with E-state index in [9.17, 15) is 0 Å². The standard InChI is InChI=1S/C18H18N4OS/c1-13-4-3-5-16(10-13)12-23-17-8-6-15(7-9-17)11-19-22-14(2)20-21-18(22)24/h3-11H,12H2,1-2H3,(H,21,24)/b19-11+. The van der Waals surface area contributed by atoms with Crippen LogP contribution in [0.3, 0.4) is 0 Å². The van der Waals surface area contributed by atoms with Crippen molar-refractivity contribution in [3.8, 4) is 5.75 Å². The summed E-state index contributed by atoms with van der Waals surface area (Å²) >= 11 is 5.11. The molecule has 0 aliphatic heterocycles. The van der Waals surface area contributed by atoms with Crippen molar-refractivity contribution in [2.24, 2.45) is 5.10 Å². The molecule has 0 bridgehead atoms. The van der Waals surface area contributed by atoms with Crippen LogP contribution in [-0.2, 0) is 6.61 Å². The third-order valence-electron chi connectivity index (χ3n) is 3.50. The molecule has 24 heavy (non-hydrogen) atoms. The Bertz CT molecular complexity index is 909. The molecule has 0 saturated heterocycles. The predicted molar refractivity (Wildman–Crippen MR) is 97.1 cm³/mol. The molecule has 0 aliphatic rings. The first-order valence-electron chi connectivity index (χ1n) is 7.58. The van der Waals surface area contributed by atoms with Crippen molar-refractivity contribution in [2.45, 2.75) is 20.5 Å². The summed E-state index contributed by atoms with van der Waals surface area (Å²) in [5, 5.41) is 11.0. The van der Waals surface area contributed by atoms with Gasteiger partial charge in [0.1, 0.15) is 18.2 Å². The Balaban J connectivity index is 1.64. The summed E-state index contributed by atoms with van der Waals surface area (Å²) in [6.07, 6.45) is 1.74. The molecule has 0 fully saturated rings. The lowest BCUT2D eigenvalue weighted by Gasteiger charge is -2.07. The summed E-state index contributed by atoms with van der Waals surface area (Å²) in [4.78, 5) is 0. The van der Waals surface area contributed by atoms with Crippen LogP contribution in [0.4, 0.5) is 0 Å². The quantitative estimate of drug-likeness (QED) is 0.565. The normalized spacial score (nSPS) is 11.1. The van der Waals surface area contributed by atoms with Gasteiger partial charge in [0.25, 0.3) is 0 Å². The highest BCUT2D eigenvalue weighted by Crippen LogP contribution is 2.14. The van der Waals surface area contributed by atoms with Gasteiger partial charge in [0.15, 0.2) is 0 Å². The van der Waals surface area contributed by atoms with E-state index in [-0.39, 0.29) is 0 Å². The first-order valence-corrected chi connectivity index (χ1v) is 7.99. The van der Waals surface area contributed by atoms with Crippen LogP contribution < -0.4 is 4.74 Å². The van der Waals surface area contributed by atoms with Gasteiger partial charge in [-0.25, -0.2) is 0 Å². The number of aromatic amines is 1. The van der Waals surface area contributed by atoms with Crippen LogP contribution in [0, 0.1) is 18.6 Å². The summed E-state index contributed by atoms with van der Waals surface area (Å²) in [6, 6.07) is 16.1. The third kappa shape index (κ3) is 3.97. The monoisotopic (exact) mass is 338 g/mol. The second kappa shape index (κ2) is 7.23. The largest absolute Gasteiger partial charge is 0.489 e. The topological polar surface area (TPSA) is 55.2 Å². The van der Waals surface area contributed by atoms with E-state index in [1.807, 2.05) is 37.3 Å². The summed E-state index contributed by atoms with van der Waals surface area (Å²) in [6.45, 7) is 4.47. The van der Waals surface area contributed by atoms with Gasteiger partial charge in [-0.1, -0.05) is 29.8 Å². The molecule has 0 amide bonds. The highest BCUT2D eigenvalue weighted by molar-refractivity contribution is 7.71. The minimum atomic E-state index is 0.474. The van der Waals surface area contributed by atoms with Crippen LogP contribution in [0.2, 0.25) is 0 Å². The highest BCUT2D eigenvalue weighted by Gasteiger charge is 1.99. The van der Waals surface area contributed by atoms with Crippen LogP contribution in [0.25, 0.3) is 0 Å². The van der Waals surface area contributed by atoms with E-state index in [0.29, 0.717) is 17.2 Å². The molecule has 0 unspecified atom stereocenters. The van der Waals surface area contributed by atoms with Crippen LogP contribution in [-0.4, -0.2) is 21.1 Å². The van der Waals surface area contributed by atoms with Gasteiger partial charge < -0.3 is 4.74 Å². The van der Waals surface area contributed by atoms with Crippen LogP contribution >= 0.6 is 12.2 Å². The van der Waals surface area contributed by atoms with Crippen molar-refractivity contribution in [3.05, 3.63) is 75.8 Å². The number of aryl methyl sites for hydroxylation is 2. The number of nitrogens with one attached hydrogen (secondary N) is 1.